The fraction of sp³-hybridized carbons (Fsp3) is 0. The van der Waals surface area contributed by atoms with Crippen LogP contribution >= 0.6 is 46.4 Å². The third kappa shape index (κ3) is 2.95. The van der Waals surface area contributed by atoms with Crippen molar-refractivity contribution in [1.82, 2.24) is 5.43 Å². The lowest BCUT2D eigenvalue weighted by Gasteiger charge is -2.21. The van der Waals surface area contributed by atoms with Crippen molar-refractivity contribution < 1.29 is 14.4 Å². The molecule has 2 aromatic rings. The highest BCUT2D eigenvalue weighted by molar-refractivity contribution is 6.55. The smallest absolute Gasteiger partial charge is 0.332 e. The summed E-state index contributed by atoms with van der Waals surface area (Å²) in [5, 5.41) is 3.13. The summed E-state index contributed by atoms with van der Waals surface area (Å²) in [6.07, 6.45) is 1.27. The number of urea groups is 1. The number of carbonyl (C=O) groups excluding carboxylic acids is 3. The van der Waals surface area contributed by atoms with Gasteiger partial charge in [0.2, 0.25) is 0 Å². The molecule has 0 heterocycles. The number of carbonyl (C=O) groups is 3. The van der Waals surface area contributed by atoms with Gasteiger partial charge in [0.15, 0.2) is 11.6 Å². The van der Waals surface area contributed by atoms with Gasteiger partial charge in [-0.05, 0) is 17.7 Å². The third-order valence-corrected chi connectivity index (χ3v) is 5.44. The number of nitrogens with two attached hydrogens (primary N) is 1. The second-order valence-electron chi connectivity index (χ2n) is 5.20. The Morgan fingerprint density at radius 1 is 0.923 bits per heavy atom. The number of hydrogen-bond acceptors (Lipinski definition) is 4. The molecule has 0 radical (unpaired) electrons. The molecule has 0 unspecified atom stereocenters. The molecule has 2 amide bonds. The Hall–Kier alpha value is -2.12. The summed E-state index contributed by atoms with van der Waals surface area (Å²) >= 11 is 24.3. The van der Waals surface area contributed by atoms with Crippen molar-refractivity contribution in [3.05, 3.63) is 66.1 Å². The number of amides is 2. The molecular weight excluding hydrogens is 424 g/mol. The van der Waals surface area contributed by atoms with Gasteiger partial charge in [-0.15, -0.1) is 0 Å². The van der Waals surface area contributed by atoms with E-state index in [9.17, 15) is 14.4 Å². The second-order valence-corrected chi connectivity index (χ2v) is 6.72. The van der Waals surface area contributed by atoms with E-state index < -0.39 is 17.6 Å². The van der Waals surface area contributed by atoms with E-state index in [2.05, 4.69) is 5.10 Å². The van der Waals surface area contributed by atoms with E-state index in [4.69, 9.17) is 52.1 Å². The number of hydrazone groups is 1. The number of fused-ring (bicyclic) bond motifs is 2. The fourth-order valence-electron chi connectivity index (χ4n) is 2.53. The fourth-order valence-corrected chi connectivity index (χ4v) is 3.55. The molecule has 0 saturated carbocycles. The predicted molar refractivity (Wildman–Crippen MR) is 100 cm³/mol. The number of hydrogen-bond donors (Lipinski definition) is 2. The van der Waals surface area contributed by atoms with Crippen molar-refractivity contribution in [1.29, 1.82) is 0 Å². The average Bonchev–Trinajstić information content (AvgIpc) is 2.60. The van der Waals surface area contributed by atoms with Gasteiger partial charge in [0.25, 0.3) is 0 Å². The molecule has 3 N–H and O–H groups in total. The molecule has 26 heavy (non-hydrogen) atoms. The van der Waals surface area contributed by atoms with Crippen molar-refractivity contribution in [3.63, 3.8) is 0 Å². The second kappa shape index (κ2) is 6.89. The van der Waals surface area contributed by atoms with E-state index >= 15 is 0 Å². The summed E-state index contributed by atoms with van der Waals surface area (Å²) in [6, 6.07) is 3.56. The van der Waals surface area contributed by atoms with Gasteiger partial charge in [-0.25, -0.2) is 10.2 Å². The van der Waals surface area contributed by atoms with Crippen molar-refractivity contribution in [3.8, 4) is 0 Å². The lowest BCUT2D eigenvalue weighted by Crippen LogP contribution is -2.24. The average molecular weight is 431 g/mol. The number of nitrogens with one attached hydrogen (secondary N) is 1. The first-order chi connectivity index (χ1) is 12.2. The highest BCUT2D eigenvalue weighted by Gasteiger charge is 2.36. The molecule has 3 rings (SSSR count). The normalized spacial score (nSPS) is 12.9. The van der Waals surface area contributed by atoms with Crippen molar-refractivity contribution in [2.45, 2.75) is 0 Å². The minimum atomic E-state index is -0.840. The Morgan fingerprint density at radius 3 is 2.00 bits per heavy atom. The summed E-state index contributed by atoms with van der Waals surface area (Å²) in [7, 11) is 0. The first kappa shape index (κ1) is 18.7. The van der Waals surface area contributed by atoms with Crippen molar-refractivity contribution in [2.24, 2.45) is 10.8 Å². The van der Waals surface area contributed by atoms with Crippen LogP contribution < -0.4 is 11.2 Å². The summed E-state index contributed by atoms with van der Waals surface area (Å²) in [5.41, 5.74) is 7.43. The highest BCUT2D eigenvalue weighted by atomic mass is 35.5. The van der Waals surface area contributed by atoms with Crippen molar-refractivity contribution >= 4 is 70.2 Å². The zero-order valence-corrected chi connectivity index (χ0v) is 15.6. The number of benzene rings is 2. The van der Waals surface area contributed by atoms with Crippen molar-refractivity contribution in [2.75, 3.05) is 0 Å². The van der Waals surface area contributed by atoms with E-state index in [-0.39, 0.29) is 42.3 Å². The highest BCUT2D eigenvalue weighted by Crippen LogP contribution is 2.45. The Labute approximate surface area is 166 Å². The molecule has 0 fully saturated rings. The quantitative estimate of drug-likeness (QED) is 0.277. The molecular formula is C16H7Cl4N3O3. The minimum Gasteiger partial charge on any atom is -0.350 e. The Balaban J connectivity index is 2.17. The minimum absolute atomic E-state index is 0.0830. The van der Waals surface area contributed by atoms with Crippen LogP contribution in [0.1, 0.15) is 37.4 Å². The van der Waals surface area contributed by atoms with Crippen LogP contribution in [0, 0.1) is 0 Å². The number of halogens is 4. The predicted octanol–water partition coefficient (Wildman–Crippen LogP) is 4.08. The van der Waals surface area contributed by atoms with Crippen LogP contribution in [-0.4, -0.2) is 23.8 Å². The lowest BCUT2D eigenvalue weighted by atomic mass is 9.83. The van der Waals surface area contributed by atoms with Gasteiger partial charge in [-0.3, -0.25) is 9.59 Å². The van der Waals surface area contributed by atoms with Crippen LogP contribution in [0.4, 0.5) is 4.79 Å². The first-order valence-electron chi connectivity index (χ1n) is 6.92. The molecule has 1 aliphatic rings. The molecule has 132 valence electrons. The molecule has 10 heteroatoms. The molecule has 2 aromatic carbocycles. The van der Waals surface area contributed by atoms with Gasteiger partial charge in [0.1, 0.15) is 0 Å². The summed E-state index contributed by atoms with van der Waals surface area (Å²) in [4.78, 5) is 36.3. The molecule has 0 atom stereocenters. The number of primary amides is 1. The number of rotatable bonds is 2. The van der Waals surface area contributed by atoms with Gasteiger partial charge in [-0.1, -0.05) is 52.5 Å². The molecule has 0 saturated heterocycles. The van der Waals surface area contributed by atoms with Crippen LogP contribution in [-0.2, 0) is 0 Å². The molecule has 0 bridgehead atoms. The van der Waals surface area contributed by atoms with Crippen LogP contribution in [0.15, 0.2) is 23.3 Å². The Morgan fingerprint density at radius 2 is 1.46 bits per heavy atom. The van der Waals surface area contributed by atoms with Gasteiger partial charge in [0, 0.05) is 11.1 Å². The summed E-state index contributed by atoms with van der Waals surface area (Å²) < 4.78 is 0. The maximum Gasteiger partial charge on any atom is 0.332 e. The van der Waals surface area contributed by atoms with Crippen LogP contribution in [0.2, 0.25) is 20.1 Å². The SMILES string of the molecule is NC(=O)N/N=C\c1ccc2c(c1)C(=O)c1c(Cl)c(Cl)c(Cl)c(Cl)c1C2=O. The van der Waals surface area contributed by atoms with Gasteiger partial charge >= 0.3 is 6.03 Å². The van der Waals surface area contributed by atoms with Gasteiger partial charge in [0.05, 0.1) is 37.4 Å². The largest absolute Gasteiger partial charge is 0.350 e. The lowest BCUT2D eigenvalue weighted by molar-refractivity contribution is 0.0979. The van der Waals surface area contributed by atoms with E-state index in [1.54, 1.807) is 0 Å². The maximum absolute atomic E-state index is 12.9. The zero-order valence-electron chi connectivity index (χ0n) is 12.6. The van der Waals surface area contributed by atoms with Crippen LogP contribution in [0.25, 0.3) is 0 Å². The summed E-state index contributed by atoms with van der Waals surface area (Å²) in [5.74, 6) is -1.03. The van der Waals surface area contributed by atoms with E-state index in [1.807, 2.05) is 5.43 Å². The van der Waals surface area contributed by atoms with Gasteiger partial charge < -0.3 is 5.73 Å². The Bertz CT molecular complexity index is 1030. The van der Waals surface area contributed by atoms with Gasteiger partial charge in [-0.2, -0.15) is 5.10 Å². The monoisotopic (exact) mass is 429 g/mol. The van der Waals surface area contributed by atoms with Crippen LogP contribution in [0.3, 0.4) is 0 Å². The zero-order chi connectivity index (χ0) is 19.2. The maximum atomic E-state index is 12.9. The van der Waals surface area contributed by atoms with E-state index in [0.29, 0.717) is 5.56 Å². The third-order valence-electron chi connectivity index (χ3n) is 3.64. The number of nitrogens with zero attached hydrogens (tertiary/aromatic N) is 1. The Kier molecular flexibility index (Phi) is 4.94. The molecule has 6 nitrogen and oxygen atoms in total. The molecule has 0 aliphatic heterocycles. The van der Waals surface area contributed by atoms with Crippen LogP contribution in [0.5, 0.6) is 0 Å². The molecule has 0 aromatic heterocycles. The van der Waals surface area contributed by atoms with E-state index in [0.717, 1.165) is 0 Å². The summed E-state index contributed by atoms with van der Waals surface area (Å²) in [6.45, 7) is 0. The topological polar surface area (TPSA) is 102 Å². The molecule has 0 spiro atoms. The first-order valence-corrected chi connectivity index (χ1v) is 8.43. The standard InChI is InChI=1S/C16H7Cl4N3O3/c17-10-8-9(11(18)13(20)12(10)19)15(25)7-3-5(4-22-23-16(21)26)1-2-6(7)14(8)24/h1-4H,(H3,21,23,26)/b22-4-. The van der Waals surface area contributed by atoms with E-state index in [1.165, 1.54) is 24.4 Å². The molecule has 1 aliphatic carbocycles. The number of ketones is 2.